The van der Waals surface area contributed by atoms with Crippen molar-refractivity contribution in [2.75, 3.05) is 53.5 Å². The van der Waals surface area contributed by atoms with Crippen LogP contribution in [0.2, 0.25) is 0 Å². The van der Waals surface area contributed by atoms with Gasteiger partial charge in [-0.05, 0) is 20.6 Å². The summed E-state index contributed by atoms with van der Waals surface area (Å²) in [5.74, 6) is 0. The molecule has 0 aliphatic carbocycles. The molecule has 0 aromatic carbocycles. The third-order valence-electron chi connectivity index (χ3n) is 1.96. The lowest BCUT2D eigenvalue weighted by Gasteiger charge is -2.20. The van der Waals surface area contributed by atoms with Gasteiger partial charge in [0, 0.05) is 32.8 Å². The van der Waals surface area contributed by atoms with E-state index >= 15 is 0 Å². The zero-order valence-electron chi connectivity index (χ0n) is 9.21. The predicted octanol–water partition coefficient (Wildman–Crippen LogP) is -0.624. The van der Waals surface area contributed by atoms with Gasteiger partial charge in [-0.25, -0.2) is 0 Å². The molecule has 0 aromatic heterocycles. The Labute approximate surface area is 82.1 Å². The molecule has 0 aliphatic heterocycles. The molecule has 0 aliphatic rings. The highest BCUT2D eigenvalue weighted by Crippen LogP contribution is 1.82. The average molecular weight is 188 g/mol. The Hall–Kier alpha value is -0.160. The van der Waals surface area contributed by atoms with Crippen LogP contribution in [-0.2, 0) is 0 Å². The molecule has 3 N–H and O–H groups in total. The third-order valence-corrected chi connectivity index (χ3v) is 1.96. The monoisotopic (exact) mass is 188 g/mol. The van der Waals surface area contributed by atoms with E-state index in [1.54, 1.807) is 0 Å². The Kier molecular flexibility index (Phi) is 8.33. The Morgan fingerprint density at radius 1 is 1.23 bits per heavy atom. The molecule has 13 heavy (non-hydrogen) atoms. The zero-order valence-corrected chi connectivity index (χ0v) is 9.21. The summed E-state index contributed by atoms with van der Waals surface area (Å²) < 4.78 is 0. The van der Waals surface area contributed by atoms with Crippen LogP contribution < -0.4 is 11.1 Å². The molecule has 4 heteroatoms. The molecule has 0 heterocycles. The van der Waals surface area contributed by atoms with Crippen molar-refractivity contribution in [1.29, 1.82) is 0 Å². The fourth-order valence-electron chi connectivity index (χ4n) is 1.07. The minimum Gasteiger partial charge on any atom is -0.329 e. The van der Waals surface area contributed by atoms with Crippen molar-refractivity contribution < 1.29 is 0 Å². The summed E-state index contributed by atoms with van der Waals surface area (Å²) in [4.78, 5) is 4.47. The van der Waals surface area contributed by atoms with Gasteiger partial charge in [-0.15, -0.1) is 0 Å². The lowest BCUT2D eigenvalue weighted by Crippen LogP contribution is -2.39. The summed E-state index contributed by atoms with van der Waals surface area (Å²) in [6.45, 7) is 8.00. The van der Waals surface area contributed by atoms with E-state index in [9.17, 15) is 0 Å². The van der Waals surface area contributed by atoms with E-state index in [4.69, 9.17) is 5.73 Å². The normalized spacial score (nSPS) is 11.5. The van der Waals surface area contributed by atoms with E-state index in [1.807, 2.05) is 0 Å². The minimum atomic E-state index is 0.739. The van der Waals surface area contributed by atoms with Gasteiger partial charge in [0.1, 0.15) is 0 Å². The highest BCUT2D eigenvalue weighted by atomic mass is 15.2. The third kappa shape index (κ3) is 8.18. The fraction of sp³-hybridized carbons (Fsp3) is 1.00. The van der Waals surface area contributed by atoms with Crippen LogP contribution in [0.25, 0.3) is 0 Å². The molecule has 80 valence electrons. The zero-order chi connectivity index (χ0) is 10.1. The molecule has 0 fully saturated rings. The van der Waals surface area contributed by atoms with E-state index in [0.29, 0.717) is 0 Å². The van der Waals surface area contributed by atoms with Crippen LogP contribution in [0.4, 0.5) is 0 Å². The van der Waals surface area contributed by atoms with Crippen molar-refractivity contribution in [2.45, 2.75) is 6.92 Å². The largest absolute Gasteiger partial charge is 0.329 e. The molecular weight excluding hydrogens is 164 g/mol. The summed E-state index contributed by atoms with van der Waals surface area (Å²) in [6.07, 6.45) is 0. The summed E-state index contributed by atoms with van der Waals surface area (Å²) in [7, 11) is 4.16. The molecule has 0 rings (SSSR count). The first-order chi connectivity index (χ1) is 6.20. The number of likely N-dealkylation sites (N-methyl/N-ethyl adjacent to an activating group) is 2. The summed E-state index contributed by atoms with van der Waals surface area (Å²) in [5.41, 5.74) is 5.48. The average Bonchev–Trinajstić information content (AvgIpc) is 2.10. The molecule has 0 bridgehead atoms. The Balaban J connectivity index is 3.27. The lowest BCUT2D eigenvalue weighted by molar-refractivity contribution is 0.265. The predicted molar refractivity (Wildman–Crippen MR) is 57.7 cm³/mol. The summed E-state index contributed by atoms with van der Waals surface area (Å²) >= 11 is 0. The fourth-order valence-corrected chi connectivity index (χ4v) is 1.07. The maximum absolute atomic E-state index is 5.48. The van der Waals surface area contributed by atoms with Gasteiger partial charge in [0.15, 0.2) is 0 Å². The molecular formula is C9H24N4. The van der Waals surface area contributed by atoms with Gasteiger partial charge in [-0.3, -0.25) is 4.90 Å². The highest BCUT2D eigenvalue weighted by Gasteiger charge is 1.98. The van der Waals surface area contributed by atoms with Crippen LogP contribution in [-0.4, -0.2) is 63.3 Å². The van der Waals surface area contributed by atoms with Gasteiger partial charge >= 0.3 is 0 Å². The molecule has 4 nitrogen and oxygen atoms in total. The van der Waals surface area contributed by atoms with Crippen molar-refractivity contribution in [1.82, 2.24) is 15.1 Å². The van der Waals surface area contributed by atoms with Crippen LogP contribution >= 0.6 is 0 Å². The van der Waals surface area contributed by atoms with E-state index in [1.165, 1.54) is 0 Å². The maximum Gasteiger partial charge on any atom is 0.0481 e. The summed E-state index contributed by atoms with van der Waals surface area (Å²) in [6, 6.07) is 0. The molecule has 0 atom stereocenters. The smallest absolute Gasteiger partial charge is 0.0481 e. The Bertz CT molecular complexity index is 106. The van der Waals surface area contributed by atoms with Crippen LogP contribution in [0.1, 0.15) is 6.92 Å². The molecule has 0 radical (unpaired) electrons. The van der Waals surface area contributed by atoms with Crippen molar-refractivity contribution in [3.63, 3.8) is 0 Å². The van der Waals surface area contributed by atoms with Crippen molar-refractivity contribution in [3.05, 3.63) is 0 Å². The van der Waals surface area contributed by atoms with Gasteiger partial charge in [0.2, 0.25) is 0 Å². The SMILES string of the molecule is CCN(CCN)CNCCN(C)C. The van der Waals surface area contributed by atoms with Crippen LogP contribution in [0.15, 0.2) is 0 Å². The second kappa shape index (κ2) is 8.44. The Morgan fingerprint density at radius 3 is 2.38 bits per heavy atom. The molecule has 0 unspecified atom stereocenters. The van der Waals surface area contributed by atoms with Crippen molar-refractivity contribution in [2.24, 2.45) is 5.73 Å². The van der Waals surface area contributed by atoms with E-state index < -0.39 is 0 Å². The highest BCUT2D eigenvalue weighted by molar-refractivity contribution is 4.55. The maximum atomic E-state index is 5.48. The van der Waals surface area contributed by atoms with E-state index in [-0.39, 0.29) is 0 Å². The second-order valence-electron chi connectivity index (χ2n) is 3.46. The number of rotatable bonds is 8. The number of nitrogens with zero attached hydrogens (tertiary/aromatic N) is 2. The quantitative estimate of drug-likeness (QED) is 0.393. The molecule has 0 spiro atoms. The summed E-state index contributed by atoms with van der Waals surface area (Å²) in [5, 5.41) is 3.38. The van der Waals surface area contributed by atoms with E-state index in [0.717, 1.165) is 39.4 Å². The van der Waals surface area contributed by atoms with Crippen LogP contribution in [0.5, 0.6) is 0 Å². The second-order valence-corrected chi connectivity index (χ2v) is 3.46. The van der Waals surface area contributed by atoms with Gasteiger partial charge in [-0.1, -0.05) is 6.92 Å². The van der Waals surface area contributed by atoms with Gasteiger partial charge in [-0.2, -0.15) is 0 Å². The topological polar surface area (TPSA) is 44.5 Å². The van der Waals surface area contributed by atoms with Crippen LogP contribution in [0.3, 0.4) is 0 Å². The number of nitrogens with two attached hydrogens (primary N) is 1. The Morgan fingerprint density at radius 2 is 1.92 bits per heavy atom. The molecule has 0 amide bonds. The molecule has 0 saturated carbocycles. The van der Waals surface area contributed by atoms with Gasteiger partial charge in [0.25, 0.3) is 0 Å². The standard InChI is InChI=1S/C9H24N4/c1-4-13(7-5-10)9-11-6-8-12(2)3/h11H,4-10H2,1-3H3. The first-order valence-electron chi connectivity index (χ1n) is 4.98. The number of hydrogen-bond donors (Lipinski definition) is 2. The number of nitrogens with one attached hydrogen (secondary N) is 1. The number of hydrogen-bond acceptors (Lipinski definition) is 4. The van der Waals surface area contributed by atoms with Gasteiger partial charge < -0.3 is 16.0 Å². The van der Waals surface area contributed by atoms with Crippen LogP contribution in [0, 0.1) is 0 Å². The molecule has 0 aromatic rings. The van der Waals surface area contributed by atoms with Gasteiger partial charge in [0.05, 0.1) is 0 Å². The van der Waals surface area contributed by atoms with E-state index in [2.05, 4.69) is 36.1 Å². The van der Waals surface area contributed by atoms with Crippen molar-refractivity contribution >= 4 is 0 Å². The first-order valence-corrected chi connectivity index (χ1v) is 4.98. The minimum absolute atomic E-state index is 0.739. The lowest BCUT2D eigenvalue weighted by atomic mass is 10.5. The molecule has 0 saturated heterocycles. The first kappa shape index (κ1) is 12.8. The van der Waals surface area contributed by atoms with Crippen molar-refractivity contribution in [3.8, 4) is 0 Å².